The predicted octanol–water partition coefficient (Wildman–Crippen LogP) is 1.34. The van der Waals surface area contributed by atoms with Crippen LogP contribution in [0.4, 0.5) is 0 Å². The Balaban J connectivity index is 2.14. The lowest BCUT2D eigenvalue weighted by Gasteiger charge is -2.24. The average molecular weight is 135 g/mol. The van der Waals surface area contributed by atoms with E-state index in [2.05, 4.69) is 29.6 Å². The molecule has 0 aromatic heterocycles. The van der Waals surface area contributed by atoms with Crippen molar-refractivity contribution in [3.8, 4) is 0 Å². The second kappa shape index (κ2) is 2.59. The lowest BCUT2D eigenvalue weighted by Crippen LogP contribution is -2.34. The van der Waals surface area contributed by atoms with Crippen LogP contribution >= 0.6 is 0 Å². The molecule has 2 rings (SSSR count). The molecular weight excluding hydrogens is 122 g/mol. The van der Waals surface area contributed by atoms with Gasteiger partial charge in [0.05, 0.1) is 0 Å². The molecular formula is C9H13N. The molecule has 1 aliphatic carbocycles. The monoisotopic (exact) mass is 135 g/mol. The molecule has 1 saturated heterocycles. The fourth-order valence-electron chi connectivity index (χ4n) is 1.75. The maximum Gasteiger partial charge on any atom is 0.00147 e. The van der Waals surface area contributed by atoms with Crippen LogP contribution in [-0.2, 0) is 0 Å². The first-order valence-electron chi connectivity index (χ1n) is 4.01. The number of hydrogen-bond acceptors (Lipinski definition) is 1. The number of piperidine rings is 1. The summed E-state index contributed by atoms with van der Waals surface area (Å²) in [5.74, 6) is 1.57. The van der Waals surface area contributed by atoms with Gasteiger partial charge in [0.2, 0.25) is 0 Å². The van der Waals surface area contributed by atoms with E-state index in [0.717, 1.165) is 11.8 Å². The fourth-order valence-corrected chi connectivity index (χ4v) is 1.75. The van der Waals surface area contributed by atoms with Gasteiger partial charge < -0.3 is 5.32 Å². The van der Waals surface area contributed by atoms with Gasteiger partial charge in [-0.3, -0.25) is 0 Å². The number of rotatable bonds is 0. The Labute approximate surface area is 61.8 Å². The number of allylic oxidation sites excluding steroid dienone is 2. The third kappa shape index (κ3) is 1.14. The molecule has 2 unspecified atom stereocenters. The summed E-state index contributed by atoms with van der Waals surface area (Å²) in [4.78, 5) is 0. The van der Waals surface area contributed by atoms with Gasteiger partial charge in [-0.2, -0.15) is 0 Å². The van der Waals surface area contributed by atoms with Crippen LogP contribution < -0.4 is 5.32 Å². The molecule has 0 spiro atoms. The van der Waals surface area contributed by atoms with Crippen molar-refractivity contribution in [2.24, 2.45) is 11.8 Å². The zero-order chi connectivity index (χ0) is 6.81. The summed E-state index contributed by atoms with van der Waals surface area (Å²) in [7, 11) is 0. The molecule has 2 atom stereocenters. The van der Waals surface area contributed by atoms with Gasteiger partial charge in [-0.1, -0.05) is 24.3 Å². The molecule has 1 heteroatoms. The van der Waals surface area contributed by atoms with Gasteiger partial charge in [0.15, 0.2) is 0 Å². The highest BCUT2D eigenvalue weighted by molar-refractivity contribution is 5.12. The van der Waals surface area contributed by atoms with E-state index in [1.165, 1.54) is 19.5 Å². The summed E-state index contributed by atoms with van der Waals surface area (Å²) in [5.41, 5.74) is 0. The van der Waals surface area contributed by atoms with E-state index >= 15 is 0 Å². The number of fused-ring (bicyclic) bond motifs is 2. The van der Waals surface area contributed by atoms with Crippen molar-refractivity contribution >= 4 is 0 Å². The van der Waals surface area contributed by atoms with Crippen molar-refractivity contribution in [3.63, 3.8) is 0 Å². The zero-order valence-corrected chi connectivity index (χ0v) is 6.09. The van der Waals surface area contributed by atoms with E-state index in [0.29, 0.717) is 0 Å². The second-order valence-electron chi connectivity index (χ2n) is 3.18. The molecule has 0 aromatic carbocycles. The normalized spacial score (nSPS) is 37.6. The third-order valence-electron chi connectivity index (χ3n) is 2.30. The highest BCUT2D eigenvalue weighted by Crippen LogP contribution is 2.20. The Kier molecular flexibility index (Phi) is 1.60. The van der Waals surface area contributed by atoms with Crippen molar-refractivity contribution in [1.82, 2.24) is 5.32 Å². The fraction of sp³-hybridized carbons (Fsp3) is 0.556. The first-order chi connectivity index (χ1) is 4.95. The summed E-state index contributed by atoms with van der Waals surface area (Å²) >= 11 is 0. The first-order valence-corrected chi connectivity index (χ1v) is 4.01. The van der Waals surface area contributed by atoms with Gasteiger partial charge in [-0.15, -0.1) is 0 Å². The van der Waals surface area contributed by atoms with Crippen LogP contribution in [0.15, 0.2) is 24.3 Å². The summed E-state index contributed by atoms with van der Waals surface area (Å²) in [6.45, 7) is 2.35. The Bertz CT molecular complexity index is 152. The van der Waals surface area contributed by atoms with Crippen LogP contribution in [0.25, 0.3) is 0 Å². The molecule has 1 aliphatic heterocycles. The molecule has 10 heavy (non-hydrogen) atoms. The highest BCUT2D eigenvalue weighted by Gasteiger charge is 2.18. The van der Waals surface area contributed by atoms with E-state index in [-0.39, 0.29) is 0 Å². The van der Waals surface area contributed by atoms with Gasteiger partial charge in [0.25, 0.3) is 0 Å². The topological polar surface area (TPSA) is 12.0 Å². The number of hydrogen-bond donors (Lipinski definition) is 1. The Morgan fingerprint density at radius 3 is 2.20 bits per heavy atom. The Morgan fingerprint density at radius 2 is 1.60 bits per heavy atom. The van der Waals surface area contributed by atoms with Gasteiger partial charge >= 0.3 is 0 Å². The minimum atomic E-state index is 0.786. The summed E-state index contributed by atoms with van der Waals surface area (Å²) in [6, 6.07) is 0. The zero-order valence-electron chi connectivity index (χ0n) is 6.09. The Hall–Kier alpha value is -0.560. The average Bonchev–Trinajstić information content (AvgIpc) is 2.12. The van der Waals surface area contributed by atoms with Crippen molar-refractivity contribution < 1.29 is 0 Å². The van der Waals surface area contributed by atoms with Gasteiger partial charge in [0.1, 0.15) is 0 Å². The molecule has 1 heterocycles. The SMILES string of the molecule is C1=CC2CNCC(C=C1)C2. The summed E-state index contributed by atoms with van der Waals surface area (Å²) < 4.78 is 0. The minimum absolute atomic E-state index is 0.786. The van der Waals surface area contributed by atoms with Crippen molar-refractivity contribution in [2.45, 2.75) is 6.42 Å². The van der Waals surface area contributed by atoms with Gasteiger partial charge in [-0.05, 0) is 18.3 Å². The molecule has 0 radical (unpaired) electrons. The molecule has 2 aliphatic rings. The summed E-state index contributed by atoms with van der Waals surface area (Å²) in [6.07, 6.45) is 10.3. The third-order valence-corrected chi connectivity index (χ3v) is 2.30. The molecule has 2 bridgehead atoms. The van der Waals surface area contributed by atoms with Gasteiger partial charge in [0, 0.05) is 13.1 Å². The molecule has 0 aromatic rings. The van der Waals surface area contributed by atoms with E-state index in [1.54, 1.807) is 0 Å². The molecule has 0 saturated carbocycles. The first kappa shape index (κ1) is 6.17. The predicted molar refractivity (Wildman–Crippen MR) is 42.7 cm³/mol. The molecule has 54 valence electrons. The van der Waals surface area contributed by atoms with E-state index < -0.39 is 0 Å². The molecule has 0 amide bonds. The van der Waals surface area contributed by atoms with E-state index in [4.69, 9.17) is 0 Å². The van der Waals surface area contributed by atoms with E-state index in [1.807, 2.05) is 0 Å². The number of nitrogens with one attached hydrogen (secondary N) is 1. The lowest BCUT2D eigenvalue weighted by atomic mass is 9.92. The van der Waals surface area contributed by atoms with Crippen LogP contribution in [0.3, 0.4) is 0 Å². The molecule has 1 N–H and O–H groups in total. The molecule has 1 fully saturated rings. The van der Waals surface area contributed by atoms with Crippen molar-refractivity contribution in [2.75, 3.05) is 13.1 Å². The van der Waals surface area contributed by atoms with Crippen LogP contribution in [-0.4, -0.2) is 13.1 Å². The minimum Gasteiger partial charge on any atom is -0.316 e. The lowest BCUT2D eigenvalue weighted by molar-refractivity contribution is 0.375. The van der Waals surface area contributed by atoms with Crippen LogP contribution in [0, 0.1) is 11.8 Å². The largest absolute Gasteiger partial charge is 0.316 e. The van der Waals surface area contributed by atoms with Crippen LogP contribution in [0.2, 0.25) is 0 Å². The maximum absolute atomic E-state index is 3.42. The maximum atomic E-state index is 3.42. The molecule has 1 nitrogen and oxygen atoms in total. The Morgan fingerprint density at radius 1 is 1.00 bits per heavy atom. The van der Waals surface area contributed by atoms with Crippen LogP contribution in [0.5, 0.6) is 0 Å². The standard InChI is InChI=1S/C9H13N/c1-2-4-9-5-8(3-1)6-10-7-9/h1-4,8-10H,5-7H2. The van der Waals surface area contributed by atoms with Crippen LogP contribution in [0.1, 0.15) is 6.42 Å². The van der Waals surface area contributed by atoms with Gasteiger partial charge in [-0.25, -0.2) is 0 Å². The second-order valence-corrected chi connectivity index (χ2v) is 3.18. The smallest absolute Gasteiger partial charge is 0.00147 e. The highest BCUT2D eigenvalue weighted by atomic mass is 14.9. The van der Waals surface area contributed by atoms with Crippen molar-refractivity contribution in [3.05, 3.63) is 24.3 Å². The van der Waals surface area contributed by atoms with Crippen molar-refractivity contribution in [1.29, 1.82) is 0 Å². The van der Waals surface area contributed by atoms with E-state index in [9.17, 15) is 0 Å². The summed E-state index contributed by atoms with van der Waals surface area (Å²) in [5, 5.41) is 3.42. The quantitative estimate of drug-likeness (QED) is 0.528.